The fraction of sp³-hybridized carbons (Fsp3) is 0.400. The number of nitrogens with zero attached hydrogens (tertiary/aromatic N) is 3. The zero-order chi connectivity index (χ0) is 25.8. The molecule has 1 unspecified atom stereocenters. The molecule has 0 saturated carbocycles. The highest BCUT2D eigenvalue weighted by molar-refractivity contribution is 7.52. The van der Waals surface area contributed by atoms with E-state index in [0.29, 0.717) is 0 Å². The third kappa shape index (κ3) is 5.75. The van der Waals surface area contributed by atoms with Crippen LogP contribution in [0.25, 0.3) is 0 Å². The van der Waals surface area contributed by atoms with E-state index in [2.05, 4.69) is 26.5 Å². The molecular weight excluding hydrogens is 485 g/mol. The van der Waals surface area contributed by atoms with Gasteiger partial charge in [0.25, 0.3) is 0 Å². The summed E-state index contributed by atoms with van der Waals surface area (Å²) >= 11 is 0. The van der Waals surface area contributed by atoms with E-state index in [1.165, 1.54) is 31.3 Å². The fourth-order valence-corrected chi connectivity index (χ4v) is 4.78. The molecule has 1 saturated heterocycles. The van der Waals surface area contributed by atoms with Crippen molar-refractivity contribution in [2.75, 3.05) is 19.5 Å². The Morgan fingerprint density at radius 3 is 2.69 bits per heavy atom. The van der Waals surface area contributed by atoms with E-state index in [1.807, 2.05) is 0 Å². The Morgan fingerprint density at radius 2 is 2.09 bits per heavy atom. The number of esters is 1. The average molecular weight is 511 g/mol. The van der Waals surface area contributed by atoms with Gasteiger partial charge in [0.15, 0.2) is 6.23 Å². The van der Waals surface area contributed by atoms with Crippen molar-refractivity contribution < 1.29 is 38.1 Å². The number of aromatic nitrogens is 2. The van der Waals surface area contributed by atoms with E-state index in [9.17, 15) is 24.4 Å². The summed E-state index contributed by atoms with van der Waals surface area (Å²) in [6.07, 6.45) is -3.67. The van der Waals surface area contributed by atoms with Gasteiger partial charge in [0.1, 0.15) is 36.4 Å². The van der Waals surface area contributed by atoms with Crippen LogP contribution in [-0.4, -0.2) is 70.1 Å². The Kier molecular flexibility index (Phi) is 8.05. The quantitative estimate of drug-likeness (QED) is 0.187. The van der Waals surface area contributed by atoms with Gasteiger partial charge in [-0.05, 0) is 31.8 Å². The second kappa shape index (κ2) is 10.6. The predicted octanol–water partition coefficient (Wildman–Crippen LogP) is -0.172. The van der Waals surface area contributed by atoms with E-state index in [0.717, 1.165) is 11.7 Å². The molecule has 0 spiro atoms. The summed E-state index contributed by atoms with van der Waals surface area (Å²) in [6.45, 7) is 3.99. The Labute approximate surface area is 199 Å². The molecule has 3 rings (SSSR count). The summed E-state index contributed by atoms with van der Waals surface area (Å²) in [4.78, 5) is 31.4. The van der Waals surface area contributed by atoms with E-state index < -0.39 is 56.2 Å². The lowest BCUT2D eigenvalue weighted by molar-refractivity contribution is -0.142. The number of carbonyl (C=O) groups is 1. The molecule has 190 valence electrons. The highest BCUT2D eigenvalue weighted by Gasteiger charge is 2.56. The van der Waals surface area contributed by atoms with Crippen molar-refractivity contribution in [2.24, 2.45) is 4.99 Å². The molecule has 0 bridgehead atoms. The summed E-state index contributed by atoms with van der Waals surface area (Å²) in [5.41, 5.74) is 2.56. The van der Waals surface area contributed by atoms with Crippen LogP contribution in [0.3, 0.4) is 0 Å². The van der Waals surface area contributed by atoms with Gasteiger partial charge in [-0.3, -0.25) is 18.9 Å². The molecule has 0 aliphatic carbocycles. The minimum atomic E-state index is -4.34. The average Bonchev–Trinajstić information content (AvgIpc) is 3.08. The van der Waals surface area contributed by atoms with Crippen LogP contribution < -0.4 is 21.0 Å². The number of hydrogen-bond acceptors (Lipinski definition) is 12. The molecule has 5 N–H and O–H groups in total. The molecule has 0 radical (unpaired) electrons. The predicted molar refractivity (Wildman–Crippen MR) is 123 cm³/mol. The maximum absolute atomic E-state index is 13.6. The maximum atomic E-state index is 13.6. The van der Waals surface area contributed by atoms with E-state index >= 15 is 0 Å². The molecule has 0 amide bonds. The lowest BCUT2D eigenvalue weighted by atomic mass is 10.1. The first-order valence-electron chi connectivity index (χ1n) is 10.3. The highest BCUT2D eigenvalue weighted by Crippen LogP contribution is 2.48. The number of nitrogen functional groups attached to an aromatic ring is 1. The topological polar surface area (TPSA) is 197 Å². The van der Waals surface area contributed by atoms with Crippen LogP contribution in [0.2, 0.25) is 0 Å². The maximum Gasteiger partial charge on any atom is 0.459 e. The lowest BCUT2D eigenvalue weighted by Crippen LogP contribution is -2.46. The van der Waals surface area contributed by atoms with Crippen molar-refractivity contribution in [3.63, 3.8) is 0 Å². The zero-order valence-electron chi connectivity index (χ0n) is 18.9. The first-order chi connectivity index (χ1) is 16.5. The number of para-hydroxylation sites is 1. The number of hydrogen-bond donors (Lipinski definition) is 4. The van der Waals surface area contributed by atoms with Crippen molar-refractivity contribution in [2.45, 2.75) is 37.1 Å². The minimum Gasteiger partial charge on any atom is -0.468 e. The van der Waals surface area contributed by atoms with Crippen LogP contribution in [0.15, 0.2) is 52.4 Å². The molecular formula is C20H26N5O9P. The van der Waals surface area contributed by atoms with Crippen molar-refractivity contribution in [3.8, 4) is 5.75 Å². The first-order valence-corrected chi connectivity index (χ1v) is 11.8. The third-order valence-corrected chi connectivity index (χ3v) is 6.74. The number of benzene rings is 1. The standard InChI is InChI=1S/C20H26N5O9P/c1-12(18(28)31-3)24-35(30,34-13-7-5-4-6-8-13)32-11-20(22-2)16(27)15(26)17(33-20)25-10-9-14(21)23-19(25)29/h4-10,12,15-17,26-27H,2,11H2,1,3H3,(H,24,30)(H2,21,23,29)/t12-,15+,16-,17+,20+,35?/m0/s1. The summed E-state index contributed by atoms with van der Waals surface area (Å²) < 4.78 is 35.8. The monoisotopic (exact) mass is 511 g/mol. The van der Waals surface area contributed by atoms with Gasteiger partial charge >= 0.3 is 19.4 Å². The minimum absolute atomic E-state index is 0.0551. The molecule has 35 heavy (non-hydrogen) atoms. The van der Waals surface area contributed by atoms with E-state index in [1.54, 1.807) is 18.2 Å². The van der Waals surface area contributed by atoms with Crippen molar-refractivity contribution in [1.82, 2.24) is 14.6 Å². The van der Waals surface area contributed by atoms with Crippen molar-refractivity contribution in [1.29, 1.82) is 0 Å². The third-order valence-electron chi connectivity index (χ3n) is 5.11. The number of carbonyl (C=O) groups excluding carboxylic acids is 1. The highest BCUT2D eigenvalue weighted by atomic mass is 31.2. The van der Waals surface area contributed by atoms with Gasteiger partial charge in [0.2, 0.25) is 5.72 Å². The number of aliphatic hydroxyl groups excluding tert-OH is 2. The largest absolute Gasteiger partial charge is 0.468 e. The Balaban J connectivity index is 1.87. The number of ether oxygens (including phenoxy) is 2. The number of nitrogens with two attached hydrogens (primary N) is 1. The second-order valence-corrected chi connectivity index (χ2v) is 9.23. The number of methoxy groups -OCH3 is 1. The van der Waals surface area contributed by atoms with Gasteiger partial charge in [-0.1, -0.05) is 18.2 Å². The van der Waals surface area contributed by atoms with Gasteiger partial charge in [-0.2, -0.15) is 10.1 Å². The fourth-order valence-electron chi connectivity index (χ4n) is 3.26. The van der Waals surface area contributed by atoms with Gasteiger partial charge in [0, 0.05) is 6.20 Å². The molecule has 1 aromatic heterocycles. The van der Waals surface area contributed by atoms with Gasteiger partial charge in [0.05, 0.1) is 7.11 Å². The van der Waals surface area contributed by atoms with Crippen LogP contribution >= 0.6 is 7.75 Å². The summed E-state index contributed by atoms with van der Waals surface area (Å²) in [7, 11) is -3.18. The molecule has 14 nitrogen and oxygen atoms in total. The number of aliphatic imine (C=N–C) groups is 1. The Morgan fingerprint density at radius 1 is 1.40 bits per heavy atom. The smallest absolute Gasteiger partial charge is 0.459 e. The first kappa shape index (κ1) is 26.5. The Bertz CT molecular complexity index is 1160. The van der Waals surface area contributed by atoms with E-state index in [-0.39, 0.29) is 11.6 Å². The Hall–Kier alpha value is -3.13. The number of rotatable bonds is 10. The van der Waals surface area contributed by atoms with Crippen LogP contribution in [0, 0.1) is 0 Å². The molecule has 1 aliphatic rings. The second-order valence-electron chi connectivity index (χ2n) is 7.54. The lowest BCUT2D eigenvalue weighted by Gasteiger charge is -2.30. The summed E-state index contributed by atoms with van der Waals surface area (Å²) in [5, 5.41) is 23.7. The normalized spacial score (nSPS) is 26.5. The SMILES string of the molecule is C=N[C@]1(COP(=O)(N[C@@H](C)C(=O)OC)Oc2ccccc2)O[C@@H](n2ccc(N)nc2=O)[C@H](O)[C@@H]1O. The van der Waals surface area contributed by atoms with Crippen LogP contribution in [0.1, 0.15) is 13.2 Å². The summed E-state index contributed by atoms with van der Waals surface area (Å²) in [5.74, 6) is -0.656. The van der Waals surface area contributed by atoms with Gasteiger partial charge in [-0.15, -0.1) is 0 Å². The van der Waals surface area contributed by atoms with Crippen molar-refractivity contribution >= 4 is 26.3 Å². The molecule has 6 atom stereocenters. The zero-order valence-corrected chi connectivity index (χ0v) is 19.8. The van der Waals surface area contributed by atoms with Crippen LogP contribution in [-0.2, 0) is 23.4 Å². The number of nitrogens with one attached hydrogen (secondary N) is 1. The van der Waals surface area contributed by atoms with Crippen LogP contribution in [0.4, 0.5) is 5.82 Å². The van der Waals surface area contributed by atoms with Crippen LogP contribution in [0.5, 0.6) is 5.75 Å². The molecule has 15 heteroatoms. The molecule has 1 aliphatic heterocycles. The van der Waals surface area contributed by atoms with Crippen molar-refractivity contribution in [3.05, 3.63) is 53.1 Å². The number of anilines is 1. The van der Waals surface area contributed by atoms with Gasteiger partial charge < -0.3 is 29.9 Å². The molecule has 2 heterocycles. The van der Waals surface area contributed by atoms with E-state index in [4.69, 9.17) is 19.5 Å². The molecule has 2 aromatic rings. The molecule has 1 fully saturated rings. The number of aliphatic hydroxyl groups is 2. The summed E-state index contributed by atoms with van der Waals surface area (Å²) in [6, 6.07) is 8.14. The van der Waals surface area contributed by atoms with Gasteiger partial charge in [-0.25, -0.2) is 9.36 Å². The molecule has 1 aromatic carbocycles.